The van der Waals surface area contributed by atoms with Crippen molar-refractivity contribution >= 4 is 23.8 Å². The van der Waals surface area contributed by atoms with Crippen LogP contribution >= 0.6 is 0 Å². The number of hydrogen-bond donors (Lipinski definition) is 0. The number of benzene rings is 1. The van der Waals surface area contributed by atoms with Crippen LogP contribution in [0.15, 0.2) is 59.9 Å². The number of carbonyl (C=O) groups excluding carboxylic acids is 1. The second kappa shape index (κ2) is 8.70. The summed E-state index contributed by atoms with van der Waals surface area (Å²) in [5.41, 5.74) is 2.83. The Morgan fingerprint density at radius 3 is 2.62 bits per heavy atom. The van der Waals surface area contributed by atoms with Gasteiger partial charge in [0.15, 0.2) is 0 Å². The maximum atomic E-state index is 13.5. The second-order valence-electron chi connectivity index (χ2n) is 7.70. The Morgan fingerprint density at radius 1 is 1.00 bits per heavy atom. The maximum absolute atomic E-state index is 13.5. The molecule has 0 bridgehead atoms. The van der Waals surface area contributed by atoms with Crippen molar-refractivity contribution in [3.8, 4) is 0 Å². The minimum absolute atomic E-state index is 0.0837. The van der Waals surface area contributed by atoms with Gasteiger partial charge in [-0.15, -0.1) is 0 Å². The van der Waals surface area contributed by atoms with Crippen LogP contribution in [0, 0.1) is 5.82 Å². The molecule has 3 aromatic rings. The molecule has 0 unspecified atom stereocenters. The molecule has 32 heavy (non-hydrogen) atoms. The van der Waals surface area contributed by atoms with Crippen molar-refractivity contribution in [1.82, 2.24) is 19.9 Å². The van der Waals surface area contributed by atoms with Crippen molar-refractivity contribution in [2.24, 2.45) is 4.99 Å². The number of nitrogens with zero attached hydrogens (tertiary/aromatic N) is 7. The SMILES string of the molecule is O=C(c1cccc(CN2CN=Cc3cc(F)ccc32)n1)N1CCN(c2ncccn2)CC1. The smallest absolute Gasteiger partial charge is 0.272 e. The standard InChI is InChI=1S/C23H22FN7O/c24-18-5-6-21-17(13-18)14-25-16-31(21)15-19-3-1-4-20(28-19)22(32)29-9-11-30(12-10-29)23-26-7-2-8-27-23/h1-8,13-14H,9-12,15-16H2. The molecule has 4 heterocycles. The molecule has 8 nitrogen and oxygen atoms in total. The summed E-state index contributed by atoms with van der Waals surface area (Å²) in [5, 5.41) is 0. The van der Waals surface area contributed by atoms with Crippen LogP contribution in [0.1, 0.15) is 21.7 Å². The quantitative estimate of drug-likeness (QED) is 0.631. The topological polar surface area (TPSA) is 77.8 Å². The van der Waals surface area contributed by atoms with E-state index in [1.807, 2.05) is 21.9 Å². The zero-order valence-electron chi connectivity index (χ0n) is 17.4. The molecule has 1 aromatic carbocycles. The molecule has 0 spiro atoms. The maximum Gasteiger partial charge on any atom is 0.272 e. The van der Waals surface area contributed by atoms with Gasteiger partial charge >= 0.3 is 0 Å². The lowest BCUT2D eigenvalue weighted by atomic mass is 10.1. The van der Waals surface area contributed by atoms with Crippen LogP contribution in [0.5, 0.6) is 0 Å². The highest BCUT2D eigenvalue weighted by molar-refractivity contribution is 5.92. The molecule has 1 saturated heterocycles. The predicted molar refractivity (Wildman–Crippen MR) is 119 cm³/mol. The predicted octanol–water partition coefficient (Wildman–Crippen LogP) is 2.37. The zero-order valence-corrected chi connectivity index (χ0v) is 17.4. The Balaban J connectivity index is 1.26. The van der Waals surface area contributed by atoms with E-state index in [0.29, 0.717) is 51.0 Å². The number of aliphatic imine (C=N–C) groups is 1. The van der Waals surface area contributed by atoms with Crippen molar-refractivity contribution in [2.45, 2.75) is 6.54 Å². The van der Waals surface area contributed by atoms with E-state index < -0.39 is 0 Å². The third kappa shape index (κ3) is 4.14. The van der Waals surface area contributed by atoms with Gasteiger partial charge in [-0.3, -0.25) is 9.79 Å². The molecular weight excluding hydrogens is 409 g/mol. The first kappa shape index (κ1) is 20.0. The molecule has 5 rings (SSSR count). The van der Waals surface area contributed by atoms with Gasteiger partial charge in [-0.2, -0.15) is 0 Å². The van der Waals surface area contributed by atoms with Gasteiger partial charge in [-0.25, -0.2) is 19.3 Å². The van der Waals surface area contributed by atoms with E-state index in [9.17, 15) is 9.18 Å². The van der Waals surface area contributed by atoms with Crippen molar-refractivity contribution in [3.63, 3.8) is 0 Å². The summed E-state index contributed by atoms with van der Waals surface area (Å²) in [6, 6.07) is 11.9. The Labute approximate surface area is 185 Å². The summed E-state index contributed by atoms with van der Waals surface area (Å²) in [6.07, 6.45) is 5.12. The van der Waals surface area contributed by atoms with Gasteiger partial charge in [0.25, 0.3) is 5.91 Å². The molecule has 0 saturated carbocycles. The summed E-state index contributed by atoms with van der Waals surface area (Å²) in [5.74, 6) is 0.311. The molecule has 162 valence electrons. The molecule has 2 aromatic heterocycles. The van der Waals surface area contributed by atoms with Gasteiger partial charge in [0.05, 0.1) is 12.2 Å². The Hall–Kier alpha value is -3.88. The van der Waals surface area contributed by atoms with E-state index in [1.165, 1.54) is 12.1 Å². The summed E-state index contributed by atoms with van der Waals surface area (Å²) in [7, 11) is 0. The van der Waals surface area contributed by atoms with E-state index >= 15 is 0 Å². The van der Waals surface area contributed by atoms with Gasteiger partial charge in [0.1, 0.15) is 18.2 Å². The largest absolute Gasteiger partial charge is 0.346 e. The molecule has 2 aliphatic rings. The highest BCUT2D eigenvalue weighted by Gasteiger charge is 2.24. The van der Waals surface area contributed by atoms with E-state index in [4.69, 9.17) is 0 Å². The first-order valence-corrected chi connectivity index (χ1v) is 10.5. The van der Waals surface area contributed by atoms with E-state index in [-0.39, 0.29) is 11.7 Å². The first-order valence-electron chi connectivity index (χ1n) is 10.5. The molecule has 0 radical (unpaired) electrons. The highest BCUT2D eigenvalue weighted by Crippen LogP contribution is 2.25. The first-order chi connectivity index (χ1) is 15.7. The van der Waals surface area contributed by atoms with Gasteiger partial charge in [-0.05, 0) is 36.4 Å². The molecule has 0 atom stereocenters. The summed E-state index contributed by atoms with van der Waals surface area (Å²) in [6.45, 7) is 3.47. The molecule has 0 aliphatic carbocycles. The number of hydrogen-bond acceptors (Lipinski definition) is 7. The number of fused-ring (bicyclic) bond motifs is 1. The number of rotatable bonds is 4. The van der Waals surface area contributed by atoms with Crippen LogP contribution in [0.25, 0.3) is 0 Å². The summed E-state index contributed by atoms with van der Waals surface area (Å²) < 4.78 is 13.5. The Kier molecular flexibility index (Phi) is 5.45. The molecule has 1 amide bonds. The fourth-order valence-corrected chi connectivity index (χ4v) is 3.97. The van der Waals surface area contributed by atoms with Crippen LogP contribution in [-0.4, -0.2) is 64.8 Å². The van der Waals surface area contributed by atoms with Gasteiger partial charge in [0.2, 0.25) is 5.95 Å². The van der Waals surface area contributed by atoms with E-state index in [0.717, 1.165) is 16.9 Å². The molecule has 1 fully saturated rings. The molecule has 2 aliphatic heterocycles. The van der Waals surface area contributed by atoms with Crippen LogP contribution in [0.4, 0.5) is 16.0 Å². The van der Waals surface area contributed by atoms with Gasteiger partial charge in [-0.1, -0.05) is 6.07 Å². The summed E-state index contributed by atoms with van der Waals surface area (Å²) in [4.78, 5) is 36.5. The van der Waals surface area contributed by atoms with Crippen LogP contribution in [0.2, 0.25) is 0 Å². The summed E-state index contributed by atoms with van der Waals surface area (Å²) >= 11 is 0. The number of amides is 1. The lowest BCUT2D eigenvalue weighted by Gasteiger charge is -2.34. The van der Waals surface area contributed by atoms with Crippen LogP contribution in [-0.2, 0) is 6.54 Å². The van der Waals surface area contributed by atoms with Crippen molar-refractivity contribution in [1.29, 1.82) is 0 Å². The number of aromatic nitrogens is 3. The average Bonchev–Trinajstić information content (AvgIpc) is 2.84. The lowest BCUT2D eigenvalue weighted by molar-refractivity contribution is 0.0740. The second-order valence-corrected chi connectivity index (χ2v) is 7.70. The monoisotopic (exact) mass is 431 g/mol. The van der Waals surface area contributed by atoms with Crippen molar-refractivity contribution < 1.29 is 9.18 Å². The number of anilines is 2. The number of halogens is 1. The molecular formula is C23H22FN7O. The normalized spacial score (nSPS) is 15.6. The van der Waals surface area contributed by atoms with Gasteiger partial charge < -0.3 is 14.7 Å². The zero-order chi connectivity index (χ0) is 21.9. The lowest BCUT2D eigenvalue weighted by Crippen LogP contribution is -2.49. The fraction of sp³-hybridized carbons (Fsp3) is 0.261. The minimum atomic E-state index is -0.290. The average molecular weight is 431 g/mol. The van der Waals surface area contributed by atoms with Crippen LogP contribution < -0.4 is 9.80 Å². The fourth-order valence-electron chi connectivity index (χ4n) is 3.97. The van der Waals surface area contributed by atoms with E-state index in [2.05, 4.69) is 24.8 Å². The number of pyridine rings is 1. The van der Waals surface area contributed by atoms with Crippen molar-refractivity contribution in [3.05, 3.63) is 77.6 Å². The van der Waals surface area contributed by atoms with Crippen LogP contribution in [0.3, 0.4) is 0 Å². The van der Waals surface area contributed by atoms with E-state index in [1.54, 1.807) is 36.8 Å². The number of carbonyl (C=O) groups is 1. The highest BCUT2D eigenvalue weighted by atomic mass is 19.1. The minimum Gasteiger partial charge on any atom is -0.346 e. The van der Waals surface area contributed by atoms with Crippen molar-refractivity contribution in [2.75, 3.05) is 42.6 Å². The van der Waals surface area contributed by atoms with Gasteiger partial charge in [0, 0.05) is 56.0 Å². The Bertz CT molecular complexity index is 1150. The third-order valence-corrected chi connectivity index (χ3v) is 5.59. The third-order valence-electron chi connectivity index (χ3n) is 5.59. The Morgan fingerprint density at radius 2 is 1.81 bits per heavy atom. The molecule has 0 N–H and O–H groups in total. The molecule has 9 heteroatoms. The number of piperazine rings is 1.